The predicted octanol–water partition coefficient (Wildman–Crippen LogP) is 1.63. The maximum absolute atomic E-state index is 12.3. The SMILES string of the molecule is CC(C)(C)OC(=O)N(C1CC1)C1(C(=O)O)CCOC1. The van der Waals surface area contributed by atoms with Gasteiger partial charge in [-0.3, -0.25) is 4.90 Å². The van der Waals surface area contributed by atoms with E-state index in [4.69, 9.17) is 9.47 Å². The van der Waals surface area contributed by atoms with Crippen molar-refractivity contribution in [1.82, 2.24) is 4.90 Å². The van der Waals surface area contributed by atoms with Gasteiger partial charge in [0.2, 0.25) is 0 Å². The summed E-state index contributed by atoms with van der Waals surface area (Å²) in [6, 6.07) is -0.0346. The summed E-state index contributed by atoms with van der Waals surface area (Å²) in [5.41, 5.74) is -1.90. The topological polar surface area (TPSA) is 76.1 Å². The van der Waals surface area contributed by atoms with Crippen molar-refractivity contribution in [3.05, 3.63) is 0 Å². The Morgan fingerprint density at radius 2 is 2.00 bits per heavy atom. The molecule has 0 aromatic carbocycles. The molecule has 0 radical (unpaired) electrons. The molecule has 1 unspecified atom stereocenters. The number of carbonyl (C=O) groups is 2. The summed E-state index contributed by atoms with van der Waals surface area (Å²) < 4.78 is 10.6. The van der Waals surface area contributed by atoms with E-state index in [1.165, 1.54) is 4.90 Å². The Morgan fingerprint density at radius 1 is 1.37 bits per heavy atom. The first kappa shape index (κ1) is 14.1. The highest BCUT2D eigenvalue weighted by Crippen LogP contribution is 2.38. The van der Waals surface area contributed by atoms with E-state index in [2.05, 4.69) is 0 Å². The molecule has 6 nitrogen and oxygen atoms in total. The highest BCUT2D eigenvalue weighted by Gasteiger charge is 2.55. The van der Waals surface area contributed by atoms with Gasteiger partial charge in [0.1, 0.15) is 5.60 Å². The molecule has 1 aliphatic heterocycles. The van der Waals surface area contributed by atoms with Gasteiger partial charge in [0, 0.05) is 19.1 Å². The van der Waals surface area contributed by atoms with Crippen molar-refractivity contribution in [3.8, 4) is 0 Å². The quantitative estimate of drug-likeness (QED) is 0.844. The van der Waals surface area contributed by atoms with Crippen molar-refractivity contribution < 1.29 is 24.2 Å². The summed E-state index contributed by atoms with van der Waals surface area (Å²) >= 11 is 0. The zero-order valence-corrected chi connectivity index (χ0v) is 11.6. The minimum absolute atomic E-state index is 0.0346. The van der Waals surface area contributed by atoms with Gasteiger partial charge in [-0.1, -0.05) is 0 Å². The minimum atomic E-state index is -1.26. The van der Waals surface area contributed by atoms with Gasteiger partial charge in [-0.2, -0.15) is 0 Å². The Bertz CT molecular complexity index is 377. The van der Waals surface area contributed by atoms with Gasteiger partial charge in [0.25, 0.3) is 0 Å². The van der Waals surface area contributed by atoms with Crippen LogP contribution in [0.4, 0.5) is 4.79 Å². The molecule has 0 spiro atoms. The third kappa shape index (κ3) is 2.83. The summed E-state index contributed by atoms with van der Waals surface area (Å²) in [6.45, 7) is 5.72. The van der Waals surface area contributed by atoms with Gasteiger partial charge in [0.15, 0.2) is 5.54 Å². The van der Waals surface area contributed by atoms with Crippen molar-refractivity contribution in [1.29, 1.82) is 0 Å². The van der Waals surface area contributed by atoms with Crippen LogP contribution in [0.15, 0.2) is 0 Å². The number of carboxylic acids is 1. The van der Waals surface area contributed by atoms with Gasteiger partial charge in [-0.05, 0) is 33.6 Å². The first-order valence-electron chi connectivity index (χ1n) is 6.60. The Labute approximate surface area is 112 Å². The van der Waals surface area contributed by atoms with Crippen LogP contribution in [-0.2, 0) is 14.3 Å². The molecule has 2 aliphatic rings. The molecular formula is C13H21NO5. The monoisotopic (exact) mass is 271 g/mol. The lowest BCUT2D eigenvalue weighted by Gasteiger charge is -2.37. The number of carbonyl (C=O) groups excluding carboxylic acids is 1. The van der Waals surface area contributed by atoms with E-state index in [0.717, 1.165) is 12.8 Å². The Balaban J connectivity index is 2.24. The first-order valence-corrected chi connectivity index (χ1v) is 6.60. The average Bonchev–Trinajstić information content (AvgIpc) is 2.92. The molecule has 1 saturated heterocycles. The van der Waals surface area contributed by atoms with Crippen LogP contribution in [0.25, 0.3) is 0 Å². The number of amides is 1. The largest absolute Gasteiger partial charge is 0.479 e. The van der Waals surface area contributed by atoms with Crippen LogP contribution < -0.4 is 0 Å². The number of aliphatic carboxylic acids is 1. The van der Waals surface area contributed by atoms with Crippen molar-refractivity contribution in [2.24, 2.45) is 0 Å². The second kappa shape index (κ2) is 4.67. The van der Waals surface area contributed by atoms with Crippen molar-refractivity contribution in [2.75, 3.05) is 13.2 Å². The lowest BCUT2D eigenvalue weighted by molar-refractivity contribution is -0.151. The van der Waals surface area contributed by atoms with Crippen LogP contribution in [-0.4, -0.2) is 52.5 Å². The zero-order chi connectivity index (χ0) is 14.3. The molecule has 0 aromatic rings. The second-order valence-electron chi connectivity index (χ2n) is 6.22. The van der Waals surface area contributed by atoms with Gasteiger partial charge in [0.05, 0.1) is 6.61 Å². The number of rotatable bonds is 3. The summed E-state index contributed by atoms with van der Waals surface area (Å²) in [4.78, 5) is 25.4. The maximum Gasteiger partial charge on any atom is 0.411 e. The molecule has 108 valence electrons. The highest BCUT2D eigenvalue weighted by atomic mass is 16.6. The van der Waals surface area contributed by atoms with E-state index in [-0.39, 0.29) is 12.6 Å². The fraction of sp³-hybridized carbons (Fsp3) is 0.846. The maximum atomic E-state index is 12.3. The fourth-order valence-electron chi connectivity index (χ4n) is 2.33. The van der Waals surface area contributed by atoms with E-state index in [9.17, 15) is 14.7 Å². The highest BCUT2D eigenvalue weighted by molar-refractivity contribution is 5.85. The molecule has 1 heterocycles. The van der Waals surface area contributed by atoms with Gasteiger partial charge in [-0.15, -0.1) is 0 Å². The van der Waals surface area contributed by atoms with Crippen LogP contribution in [0.3, 0.4) is 0 Å². The molecule has 2 rings (SSSR count). The van der Waals surface area contributed by atoms with Gasteiger partial charge >= 0.3 is 12.1 Å². The number of hydrogen-bond donors (Lipinski definition) is 1. The summed E-state index contributed by atoms with van der Waals surface area (Å²) in [5, 5.41) is 9.53. The second-order valence-corrected chi connectivity index (χ2v) is 6.22. The average molecular weight is 271 g/mol. The zero-order valence-electron chi connectivity index (χ0n) is 11.6. The van der Waals surface area contributed by atoms with E-state index >= 15 is 0 Å². The first-order chi connectivity index (χ1) is 8.76. The van der Waals surface area contributed by atoms with E-state index in [1.807, 2.05) is 0 Å². The molecule has 6 heteroatoms. The molecule has 1 N–H and O–H groups in total. The van der Waals surface area contributed by atoms with Crippen molar-refractivity contribution >= 4 is 12.1 Å². The van der Waals surface area contributed by atoms with Gasteiger partial charge < -0.3 is 14.6 Å². The Kier molecular flexibility index (Phi) is 3.47. The Hall–Kier alpha value is -1.30. The minimum Gasteiger partial charge on any atom is -0.479 e. The Morgan fingerprint density at radius 3 is 2.37 bits per heavy atom. The molecule has 0 aromatic heterocycles. The van der Waals surface area contributed by atoms with Gasteiger partial charge in [-0.25, -0.2) is 9.59 Å². The van der Waals surface area contributed by atoms with Crippen molar-refractivity contribution in [3.63, 3.8) is 0 Å². The normalized spacial score (nSPS) is 27.1. The predicted molar refractivity (Wildman–Crippen MR) is 66.9 cm³/mol. The van der Waals surface area contributed by atoms with Crippen molar-refractivity contribution in [2.45, 2.75) is 57.2 Å². The van der Waals surface area contributed by atoms with E-state index < -0.39 is 23.2 Å². The summed E-state index contributed by atoms with van der Waals surface area (Å²) in [7, 11) is 0. The molecule has 0 bridgehead atoms. The molecule has 1 atom stereocenters. The van der Waals surface area contributed by atoms with E-state index in [1.54, 1.807) is 20.8 Å². The standard InChI is InChI=1S/C13H21NO5/c1-12(2,3)19-11(17)14(9-4-5-9)13(10(15)16)6-7-18-8-13/h9H,4-8H2,1-3H3,(H,15,16). The lowest BCUT2D eigenvalue weighted by atomic mass is 9.96. The van der Waals surface area contributed by atoms with Crippen LogP contribution >= 0.6 is 0 Å². The fourth-order valence-corrected chi connectivity index (χ4v) is 2.33. The van der Waals surface area contributed by atoms with Crippen LogP contribution in [0.5, 0.6) is 0 Å². The molecule has 1 saturated carbocycles. The summed E-state index contributed by atoms with van der Waals surface area (Å²) in [6.07, 6.45) is 1.42. The van der Waals surface area contributed by atoms with E-state index in [0.29, 0.717) is 13.0 Å². The molecule has 1 aliphatic carbocycles. The summed E-state index contributed by atoms with van der Waals surface area (Å²) in [5.74, 6) is -1.01. The third-order valence-corrected chi connectivity index (χ3v) is 3.36. The molecular weight excluding hydrogens is 250 g/mol. The molecule has 2 fully saturated rings. The number of hydrogen-bond acceptors (Lipinski definition) is 4. The smallest absolute Gasteiger partial charge is 0.411 e. The lowest BCUT2D eigenvalue weighted by Crippen LogP contribution is -2.59. The molecule has 1 amide bonds. The number of carboxylic acid groups (broad SMARTS) is 1. The molecule has 19 heavy (non-hydrogen) atoms. The van der Waals surface area contributed by atoms with Crippen LogP contribution in [0.1, 0.15) is 40.0 Å². The third-order valence-electron chi connectivity index (χ3n) is 3.36. The number of ether oxygens (including phenoxy) is 2. The van der Waals surface area contributed by atoms with Crippen LogP contribution in [0, 0.1) is 0 Å². The van der Waals surface area contributed by atoms with Crippen LogP contribution in [0.2, 0.25) is 0 Å². The number of nitrogens with zero attached hydrogens (tertiary/aromatic N) is 1.